The van der Waals surface area contributed by atoms with Crippen molar-refractivity contribution in [1.29, 1.82) is 0 Å². The van der Waals surface area contributed by atoms with Crippen LogP contribution in [0.15, 0.2) is 91.2 Å². The van der Waals surface area contributed by atoms with Gasteiger partial charge in [0.15, 0.2) is 5.54 Å². The Morgan fingerprint density at radius 1 is 0.756 bits per heavy atom. The molecule has 2 saturated heterocycles. The first kappa shape index (κ1) is 55.0. The second-order valence-corrected chi connectivity index (χ2v) is 23.3. The summed E-state index contributed by atoms with van der Waals surface area (Å²) in [6, 6.07) is 12.4. The minimum absolute atomic E-state index is 0.0804. The molecule has 430 valence electrons. The van der Waals surface area contributed by atoms with E-state index in [2.05, 4.69) is 15.1 Å². The highest BCUT2D eigenvalue weighted by molar-refractivity contribution is 7.22. The van der Waals surface area contributed by atoms with Gasteiger partial charge in [-0.1, -0.05) is 54.5 Å². The topological polar surface area (TPSA) is 275 Å². The summed E-state index contributed by atoms with van der Waals surface area (Å²) in [5.41, 5.74) is -4.59. The van der Waals surface area contributed by atoms with Gasteiger partial charge in [-0.15, -0.1) is 11.3 Å². The lowest BCUT2D eigenvalue weighted by Gasteiger charge is -2.31. The average molecular weight is 1160 g/mol. The van der Waals surface area contributed by atoms with Gasteiger partial charge in [0.1, 0.15) is 62.8 Å². The van der Waals surface area contributed by atoms with E-state index in [1.807, 2.05) is 18.2 Å². The molecule has 8 aromatic rings. The summed E-state index contributed by atoms with van der Waals surface area (Å²) in [7, 11) is 2.99. The summed E-state index contributed by atoms with van der Waals surface area (Å²) in [5, 5.41) is 27.5. The SMILES string of the molecule is COc1cc(C2CC2(C(=O)O)n2c(=O)c3c(C)c(-c4ncco4)sc3n(C[C@H](OC3CCOCC3)c3ccccc3OC)c2=O)ccc1[C@H](Cn1c(=O)n(C2(C(=O)O)CCCC2)c(=O)c2c(C)c(-n3cncn3)sc21)OC1CCOCC1. The molecule has 6 aromatic heterocycles. The zero-order valence-electron chi connectivity index (χ0n) is 45.4. The maximum Gasteiger partial charge on any atom is 0.333 e. The van der Waals surface area contributed by atoms with Gasteiger partial charge < -0.3 is 43.1 Å². The molecule has 4 fully saturated rings. The monoisotopic (exact) mass is 1160 g/mol. The molecule has 4 aliphatic rings. The van der Waals surface area contributed by atoms with E-state index in [4.69, 9.17) is 32.8 Å². The number of para-hydroxylation sites is 1. The zero-order chi connectivity index (χ0) is 57.2. The van der Waals surface area contributed by atoms with Gasteiger partial charge in [0.25, 0.3) is 11.1 Å². The molecule has 4 atom stereocenters. The molecule has 2 unspecified atom stereocenters. The largest absolute Gasteiger partial charge is 0.496 e. The number of ether oxygens (including phenoxy) is 6. The summed E-state index contributed by atoms with van der Waals surface area (Å²) in [6.45, 7) is 4.90. The molecule has 25 heteroatoms. The highest BCUT2D eigenvalue weighted by Crippen LogP contribution is 2.57. The predicted octanol–water partition coefficient (Wildman–Crippen LogP) is 6.83. The minimum atomic E-state index is -2.08. The molecule has 2 saturated carbocycles. The number of carboxylic acids is 2. The van der Waals surface area contributed by atoms with E-state index >= 15 is 14.4 Å². The van der Waals surface area contributed by atoms with Crippen molar-refractivity contribution in [1.82, 2.24) is 38.0 Å². The number of carboxylic acid groups (broad SMARTS) is 2. The number of hydrogen-bond donors (Lipinski definition) is 2. The van der Waals surface area contributed by atoms with Crippen LogP contribution in [0.5, 0.6) is 11.5 Å². The molecular weight excluding hydrogens is 1100 g/mol. The van der Waals surface area contributed by atoms with Gasteiger partial charge >= 0.3 is 23.3 Å². The van der Waals surface area contributed by atoms with Crippen molar-refractivity contribution in [3.05, 3.63) is 137 Å². The Morgan fingerprint density at radius 3 is 1.94 bits per heavy atom. The van der Waals surface area contributed by atoms with E-state index in [9.17, 15) is 24.6 Å². The normalized spacial score (nSPS) is 20.1. The summed E-state index contributed by atoms with van der Waals surface area (Å²) < 4.78 is 48.9. The molecule has 23 nitrogen and oxygen atoms in total. The molecule has 0 spiro atoms. The number of oxazole rings is 1. The third-order valence-corrected chi connectivity index (χ3v) is 19.5. The number of aryl methyl sites for hydroxylation is 2. The third kappa shape index (κ3) is 9.21. The van der Waals surface area contributed by atoms with E-state index in [-0.39, 0.29) is 76.6 Å². The fourth-order valence-electron chi connectivity index (χ4n) is 12.5. The van der Waals surface area contributed by atoms with Crippen molar-refractivity contribution in [2.45, 2.75) is 126 Å². The first-order valence-corrected chi connectivity index (χ1v) is 28.9. The number of methoxy groups -OCH3 is 2. The van der Waals surface area contributed by atoms with E-state index < -0.39 is 63.6 Å². The molecule has 82 heavy (non-hydrogen) atoms. The van der Waals surface area contributed by atoms with Gasteiger partial charge in [-0.3, -0.25) is 18.7 Å². The lowest BCUT2D eigenvalue weighted by Crippen LogP contribution is -2.54. The van der Waals surface area contributed by atoms with Crippen LogP contribution in [0.4, 0.5) is 0 Å². The highest BCUT2D eigenvalue weighted by Gasteiger charge is 2.65. The summed E-state index contributed by atoms with van der Waals surface area (Å²) in [6.07, 6.45) is 6.54. The molecule has 8 heterocycles. The summed E-state index contributed by atoms with van der Waals surface area (Å²) in [5.74, 6) is -2.63. The fourth-order valence-corrected chi connectivity index (χ4v) is 15.0. The summed E-state index contributed by atoms with van der Waals surface area (Å²) in [4.78, 5) is 97.9. The Hall–Kier alpha value is -7.55. The maximum atomic E-state index is 15.6. The number of thiophene rings is 2. The first-order chi connectivity index (χ1) is 39.7. The maximum absolute atomic E-state index is 15.6. The van der Waals surface area contributed by atoms with Crippen LogP contribution in [0.1, 0.15) is 104 Å². The zero-order valence-corrected chi connectivity index (χ0v) is 47.1. The van der Waals surface area contributed by atoms with Crippen LogP contribution >= 0.6 is 22.7 Å². The van der Waals surface area contributed by atoms with Crippen LogP contribution in [0.2, 0.25) is 0 Å². The Bertz CT molecular complexity index is 3990. The average Bonchev–Trinajstić information content (AvgIpc) is 4.38. The Kier molecular flexibility index (Phi) is 14.7. The van der Waals surface area contributed by atoms with Crippen molar-refractivity contribution in [3.63, 3.8) is 0 Å². The van der Waals surface area contributed by atoms with E-state index in [0.29, 0.717) is 108 Å². The number of fused-ring (bicyclic) bond motifs is 2. The summed E-state index contributed by atoms with van der Waals surface area (Å²) >= 11 is 2.28. The van der Waals surface area contributed by atoms with Crippen LogP contribution in [0.25, 0.3) is 36.2 Å². The van der Waals surface area contributed by atoms with Gasteiger partial charge in [-0.2, -0.15) is 5.10 Å². The number of carbonyl (C=O) groups is 2. The smallest absolute Gasteiger partial charge is 0.333 e. The Morgan fingerprint density at radius 2 is 1.35 bits per heavy atom. The van der Waals surface area contributed by atoms with Gasteiger partial charge in [0, 0.05) is 49.0 Å². The Labute approximate surface area is 474 Å². The number of nitrogens with zero attached hydrogens (tertiary/aromatic N) is 8. The van der Waals surface area contributed by atoms with Crippen molar-refractivity contribution >= 4 is 55.0 Å². The van der Waals surface area contributed by atoms with Crippen LogP contribution < -0.4 is 32.0 Å². The van der Waals surface area contributed by atoms with Crippen molar-refractivity contribution in [2.75, 3.05) is 40.6 Å². The molecule has 2 N–H and O–H groups in total. The molecule has 2 aliphatic heterocycles. The van der Waals surface area contributed by atoms with Crippen LogP contribution in [-0.2, 0) is 52.7 Å². The van der Waals surface area contributed by atoms with Crippen molar-refractivity contribution < 1.29 is 52.6 Å². The van der Waals surface area contributed by atoms with Crippen molar-refractivity contribution in [3.8, 4) is 27.3 Å². The van der Waals surface area contributed by atoms with Gasteiger partial charge in [0.05, 0.1) is 61.4 Å². The molecule has 2 aliphatic carbocycles. The van der Waals surface area contributed by atoms with E-state index in [0.717, 1.165) is 31.8 Å². The van der Waals surface area contributed by atoms with E-state index in [1.54, 1.807) is 45.2 Å². The van der Waals surface area contributed by atoms with Crippen molar-refractivity contribution in [2.24, 2.45) is 0 Å². The molecule has 12 rings (SSSR count). The first-order valence-electron chi connectivity index (χ1n) is 27.3. The second-order valence-electron chi connectivity index (χ2n) is 21.3. The number of aliphatic carboxylic acids is 2. The lowest BCUT2D eigenvalue weighted by atomic mass is 9.97. The second kappa shape index (κ2) is 22.0. The Balaban J connectivity index is 0.986. The molecule has 2 aromatic carbocycles. The fraction of sp³-hybridized carbons (Fsp3) is 0.456. The van der Waals surface area contributed by atoms with Gasteiger partial charge in [0.2, 0.25) is 5.89 Å². The molecule has 0 bridgehead atoms. The predicted molar refractivity (Wildman–Crippen MR) is 299 cm³/mol. The highest BCUT2D eigenvalue weighted by atomic mass is 32.1. The lowest BCUT2D eigenvalue weighted by molar-refractivity contribution is -0.147. The standard InChI is InChI=1S/C57H60N8O15S2/c1-31-43-48(67)65(55(73)61(50(43)81-45(31)46-59-19-24-78-46)27-41(79-34-13-20-76-21-14-34)36-9-5-6-10-39(36)74-3)57(53(70)71)26-38(57)33-11-12-37(40(25-33)75-4)42(80-35-15-22-77-23-16-35)28-62-51-44(32(2)49(82-51)63-30-58-29-60-63)47(66)64(54(62)72)56(52(68)69)17-7-8-18-56/h5-6,9-12,19,24-25,29-30,34-35,38,41-42H,7-8,13-18,20-23,26-28H2,1-4H3,(H,68,69)(H,70,71)/t38?,41-,42-,57?/m0/s1. The quantitative estimate of drug-likeness (QED) is 0.0839. The third-order valence-electron chi connectivity index (χ3n) is 16.9. The van der Waals surface area contributed by atoms with Crippen LogP contribution in [-0.4, -0.2) is 113 Å². The molecule has 0 amide bonds. The minimum Gasteiger partial charge on any atom is -0.496 e. The number of benzene rings is 2. The number of rotatable bonds is 19. The molecule has 0 radical (unpaired) electrons. The van der Waals surface area contributed by atoms with Gasteiger partial charge in [-0.25, -0.2) is 43.0 Å². The number of aromatic nitrogens is 8. The van der Waals surface area contributed by atoms with Crippen LogP contribution in [0.3, 0.4) is 0 Å². The van der Waals surface area contributed by atoms with Gasteiger partial charge in [-0.05, 0) is 82.1 Å². The van der Waals surface area contributed by atoms with Crippen LogP contribution in [0, 0.1) is 13.8 Å². The molecular formula is C57H60N8O15S2. The number of hydrogen-bond acceptors (Lipinski definition) is 18. The van der Waals surface area contributed by atoms with E-state index in [1.165, 1.54) is 46.0 Å².